The van der Waals surface area contributed by atoms with E-state index < -0.39 is 0 Å². The molecule has 2 rings (SSSR count). The molecule has 4 nitrogen and oxygen atoms in total. The molecule has 2 heterocycles. The van der Waals surface area contributed by atoms with Crippen molar-refractivity contribution in [2.75, 3.05) is 0 Å². The van der Waals surface area contributed by atoms with Crippen molar-refractivity contribution in [1.82, 2.24) is 19.3 Å². The summed E-state index contributed by atoms with van der Waals surface area (Å²) >= 11 is 14.1. The summed E-state index contributed by atoms with van der Waals surface area (Å²) < 4.78 is 4.63. The van der Waals surface area contributed by atoms with Crippen molar-refractivity contribution >= 4 is 46.5 Å². The maximum atomic E-state index is 5.87. The van der Waals surface area contributed by atoms with E-state index in [9.17, 15) is 0 Å². The van der Waals surface area contributed by atoms with Crippen LogP contribution in [0.25, 0.3) is 0 Å². The molecule has 14 heavy (non-hydrogen) atoms. The van der Waals surface area contributed by atoms with Crippen molar-refractivity contribution in [3.05, 3.63) is 22.8 Å². The largest absolute Gasteiger partial charge is 0.225 e. The van der Waals surface area contributed by atoms with Crippen LogP contribution in [-0.4, -0.2) is 19.3 Å². The van der Waals surface area contributed by atoms with Crippen LogP contribution in [0.5, 0.6) is 0 Å². The summed E-state index contributed by atoms with van der Waals surface area (Å²) in [6.45, 7) is 0. The summed E-state index contributed by atoms with van der Waals surface area (Å²) in [6.07, 6.45) is 2.93. The van der Waals surface area contributed by atoms with Gasteiger partial charge in [0.2, 0.25) is 5.28 Å². The lowest BCUT2D eigenvalue weighted by Crippen LogP contribution is -1.85. The predicted molar refractivity (Wildman–Crippen MR) is 56.1 cm³/mol. The zero-order chi connectivity index (χ0) is 9.97. The van der Waals surface area contributed by atoms with Gasteiger partial charge in [-0.15, -0.1) is 0 Å². The summed E-state index contributed by atoms with van der Waals surface area (Å²) in [5.41, 5.74) is 0. The van der Waals surface area contributed by atoms with Crippen LogP contribution in [0.3, 0.4) is 0 Å². The fraction of sp³-hybridized carbons (Fsp3) is 0. The molecule has 0 N–H and O–H groups in total. The van der Waals surface area contributed by atoms with Crippen molar-refractivity contribution in [3.8, 4) is 0 Å². The van der Waals surface area contributed by atoms with Crippen LogP contribution in [0.1, 0.15) is 0 Å². The summed E-state index contributed by atoms with van der Waals surface area (Å²) in [5.74, 6) is 0. The molecular weight excluding hydrogens is 263 g/mol. The SMILES string of the molecule is Clc1ncc(Cl)c(Sc2ncns2)n1. The molecule has 0 spiro atoms. The van der Waals surface area contributed by atoms with Gasteiger partial charge in [0.15, 0.2) is 4.34 Å². The smallest absolute Gasteiger partial charge is 0.223 e. The van der Waals surface area contributed by atoms with Gasteiger partial charge in [0.25, 0.3) is 0 Å². The van der Waals surface area contributed by atoms with E-state index in [1.54, 1.807) is 0 Å². The Labute approximate surface area is 97.9 Å². The lowest BCUT2D eigenvalue weighted by atomic mass is 10.7. The predicted octanol–water partition coefficient (Wildman–Crippen LogP) is 2.79. The molecule has 0 bridgehead atoms. The molecule has 0 amide bonds. The highest BCUT2D eigenvalue weighted by Gasteiger charge is 2.08. The van der Waals surface area contributed by atoms with Crippen molar-refractivity contribution in [3.63, 3.8) is 0 Å². The average Bonchev–Trinajstić information content (AvgIpc) is 2.64. The van der Waals surface area contributed by atoms with E-state index in [0.717, 1.165) is 4.34 Å². The first-order valence-electron chi connectivity index (χ1n) is 3.38. The Bertz CT molecular complexity index is 433. The summed E-state index contributed by atoms with van der Waals surface area (Å²) in [5, 5.41) is 1.21. The van der Waals surface area contributed by atoms with Crippen molar-refractivity contribution in [2.45, 2.75) is 9.37 Å². The van der Waals surface area contributed by atoms with Crippen LogP contribution in [0.2, 0.25) is 10.3 Å². The normalized spacial score (nSPS) is 10.4. The van der Waals surface area contributed by atoms with E-state index in [1.165, 1.54) is 35.8 Å². The summed E-state index contributed by atoms with van der Waals surface area (Å²) in [4.78, 5) is 11.7. The number of nitrogens with zero attached hydrogens (tertiary/aromatic N) is 4. The minimum Gasteiger partial charge on any atom is -0.225 e. The van der Waals surface area contributed by atoms with Gasteiger partial charge in [-0.1, -0.05) is 11.6 Å². The van der Waals surface area contributed by atoms with Gasteiger partial charge in [-0.25, -0.2) is 15.0 Å². The number of hydrogen-bond donors (Lipinski definition) is 0. The second-order valence-corrected chi connectivity index (χ2v) is 4.86. The molecule has 0 atom stereocenters. The number of rotatable bonds is 2. The Kier molecular flexibility index (Phi) is 3.17. The Morgan fingerprint density at radius 3 is 2.86 bits per heavy atom. The van der Waals surface area contributed by atoms with Gasteiger partial charge in [0.05, 0.1) is 11.2 Å². The molecule has 0 saturated heterocycles. The fourth-order valence-corrected chi connectivity index (χ4v) is 2.42. The van der Waals surface area contributed by atoms with Crippen LogP contribution in [-0.2, 0) is 0 Å². The minimum absolute atomic E-state index is 0.168. The highest BCUT2D eigenvalue weighted by Crippen LogP contribution is 2.31. The van der Waals surface area contributed by atoms with Gasteiger partial charge >= 0.3 is 0 Å². The second kappa shape index (κ2) is 4.39. The third kappa shape index (κ3) is 2.33. The third-order valence-electron chi connectivity index (χ3n) is 1.21. The van der Waals surface area contributed by atoms with E-state index in [2.05, 4.69) is 19.3 Å². The lowest BCUT2D eigenvalue weighted by Gasteiger charge is -1.98. The van der Waals surface area contributed by atoms with E-state index in [0.29, 0.717) is 10.0 Å². The molecule has 0 saturated carbocycles. The fourth-order valence-electron chi connectivity index (χ4n) is 0.693. The lowest BCUT2D eigenvalue weighted by molar-refractivity contribution is 1.05. The van der Waals surface area contributed by atoms with Crippen LogP contribution in [0.4, 0.5) is 0 Å². The van der Waals surface area contributed by atoms with Gasteiger partial charge in [0.1, 0.15) is 11.4 Å². The van der Waals surface area contributed by atoms with E-state index >= 15 is 0 Å². The Morgan fingerprint density at radius 2 is 2.14 bits per heavy atom. The van der Waals surface area contributed by atoms with Gasteiger partial charge in [-0.05, 0) is 34.9 Å². The zero-order valence-corrected chi connectivity index (χ0v) is 9.66. The van der Waals surface area contributed by atoms with Crippen molar-refractivity contribution in [1.29, 1.82) is 0 Å². The molecule has 0 fully saturated rings. The van der Waals surface area contributed by atoms with Gasteiger partial charge in [0, 0.05) is 0 Å². The van der Waals surface area contributed by atoms with Gasteiger partial charge in [-0.2, -0.15) is 4.37 Å². The monoisotopic (exact) mass is 264 g/mol. The van der Waals surface area contributed by atoms with E-state index in [-0.39, 0.29) is 5.28 Å². The average molecular weight is 265 g/mol. The van der Waals surface area contributed by atoms with Gasteiger partial charge in [-0.3, -0.25) is 0 Å². The minimum atomic E-state index is 0.168. The molecule has 0 aliphatic carbocycles. The van der Waals surface area contributed by atoms with Crippen LogP contribution >= 0.6 is 46.5 Å². The highest BCUT2D eigenvalue weighted by molar-refractivity contribution is 8.01. The topological polar surface area (TPSA) is 51.6 Å². The first-order valence-corrected chi connectivity index (χ1v) is 5.73. The molecule has 2 aromatic heterocycles. The Balaban J connectivity index is 2.28. The molecule has 0 aliphatic rings. The first-order chi connectivity index (χ1) is 6.75. The van der Waals surface area contributed by atoms with Crippen molar-refractivity contribution < 1.29 is 0 Å². The highest BCUT2D eigenvalue weighted by atomic mass is 35.5. The third-order valence-corrected chi connectivity index (χ3v) is 3.50. The number of halogens is 2. The number of hydrogen-bond acceptors (Lipinski definition) is 6. The second-order valence-electron chi connectivity index (χ2n) is 2.10. The van der Waals surface area contributed by atoms with Gasteiger partial charge < -0.3 is 0 Å². The van der Waals surface area contributed by atoms with E-state index in [4.69, 9.17) is 23.2 Å². The first kappa shape index (κ1) is 10.1. The standard InChI is InChI=1S/C6H2Cl2N4S2/c7-3-1-9-5(8)12-4(3)13-6-10-2-11-14-6/h1-2H. The van der Waals surface area contributed by atoms with Crippen LogP contribution in [0, 0.1) is 0 Å². The molecular formula is C6H2Cl2N4S2. The quantitative estimate of drug-likeness (QED) is 0.617. The molecule has 0 unspecified atom stereocenters. The van der Waals surface area contributed by atoms with E-state index in [1.807, 2.05) is 0 Å². The molecule has 0 radical (unpaired) electrons. The Hall–Kier alpha value is -0.430. The van der Waals surface area contributed by atoms with Crippen molar-refractivity contribution in [2.24, 2.45) is 0 Å². The molecule has 72 valence electrons. The summed E-state index contributed by atoms with van der Waals surface area (Å²) in [6, 6.07) is 0. The molecule has 0 aromatic carbocycles. The molecule has 0 aliphatic heterocycles. The van der Waals surface area contributed by atoms with Crippen LogP contribution in [0.15, 0.2) is 21.9 Å². The molecule has 2 aromatic rings. The maximum Gasteiger partial charge on any atom is 0.223 e. The number of aromatic nitrogens is 4. The zero-order valence-electron chi connectivity index (χ0n) is 6.52. The van der Waals surface area contributed by atoms with Crippen LogP contribution < -0.4 is 0 Å². The molecule has 8 heteroatoms. The summed E-state index contributed by atoms with van der Waals surface area (Å²) in [7, 11) is 0. The Morgan fingerprint density at radius 1 is 1.29 bits per heavy atom. The maximum absolute atomic E-state index is 5.87.